The highest BCUT2D eigenvalue weighted by Crippen LogP contribution is 2.20. The van der Waals surface area contributed by atoms with Gasteiger partial charge in [-0.25, -0.2) is 9.67 Å². The number of rotatable bonds is 7. The van der Waals surface area contributed by atoms with Crippen molar-refractivity contribution in [3.63, 3.8) is 0 Å². The number of thiazole rings is 1. The highest BCUT2D eigenvalue weighted by atomic mass is 79.9. The van der Waals surface area contributed by atoms with Crippen molar-refractivity contribution in [3.05, 3.63) is 44.9 Å². The first-order valence-corrected chi connectivity index (χ1v) is 10.2. The summed E-state index contributed by atoms with van der Waals surface area (Å²) in [5.41, 5.74) is 2.70. The van der Waals surface area contributed by atoms with Crippen LogP contribution in [0.2, 0.25) is 0 Å². The number of carbonyl (C=O) groups is 2. The SMILES string of the molecule is CCOC(=O)Cc1csc(NC(=O)c2ccn(Cn3nc(C)c(Br)c3C)n2)n1. The third-order valence-electron chi connectivity index (χ3n) is 3.85. The van der Waals surface area contributed by atoms with E-state index in [1.165, 1.54) is 11.3 Å². The number of aryl methyl sites for hydroxylation is 1. The molecule has 0 spiro atoms. The predicted molar refractivity (Wildman–Crippen MR) is 107 cm³/mol. The molecular formula is C17H19BrN6O3S. The van der Waals surface area contributed by atoms with Crippen molar-refractivity contribution in [2.24, 2.45) is 0 Å². The van der Waals surface area contributed by atoms with E-state index in [1.54, 1.807) is 33.9 Å². The number of nitrogens with zero attached hydrogens (tertiary/aromatic N) is 5. The summed E-state index contributed by atoms with van der Waals surface area (Å²) in [6, 6.07) is 1.63. The van der Waals surface area contributed by atoms with Gasteiger partial charge < -0.3 is 4.74 Å². The van der Waals surface area contributed by atoms with Gasteiger partial charge in [0.1, 0.15) is 6.67 Å². The molecule has 0 aromatic carbocycles. The number of hydrogen-bond acceptors (Lipinski definition) is 7. The first-order chi connectivity index (χ1) is 13.4. The van der Waals surface area contributed by atoms with Crippen LogP contribution in [0.1, 0.15) is 34.5 Å². The van der Waals surface area contributed by atoms with Gasteiger partial charge in [-0.2, -0.15) is 10.2 Å². The van der Waals surface area contributed by atoms with E-state index >= 15 is 0 Å². The molecule has 3 aromatic heterocycles. The van der Waals surface area contributed by atoms with Gasteiger partial charge in [0.05, 0.1) is 34.6 Å². The Morgan fingerprint density at radius 1 is 1.32 bits per heavy atom. The molecule has 0 saturated heterocycles. The van der Waals surface area contributed by atoms with E-state index in [9.17, 15) is 9.59 Å². The number of esters is 1. The van der Waals surface area contributed by atoms with Crippen LogP contribution in [0, 0.1) is 13.8 Å². The number of anilines is 1. The first kappa shape index (κ1) is 20.2. The third-order valence-corrected chi connectivity index (χ3v) is 5.80. The lowest BCUT2D eigenvalue weighted by atomic mass is 10.3. The van der Waals surface area contributed by atoms with E-state index in [0.29, 0.717) is 24.1 Å². The Bertz CT molecular complexity index is 1010. The number of amides is 1. The lowest BCUT2D eigenvalue weighted by Gasteiger charge is -2.04. The summed E-state index contributed by atoms with van der Waals surface area (Å²) in [7, 11) is 0. The zero-order valence-electron chi connectivity index (χ0n) is 15.6. The van der Waals surface area contributed by atoms with Crippen molar-refractivity contribution >= 4 is 44.3 Å². The summed E-state index contributed by atoms with van der Waals surface area (Å²) in [6.45, 7) is 6.34. The first-order valence-electron chi connectivity index (χ1n) is 8.51. The molecule has 0 bridgehead atoms. The molecule has 0 radical (unpaired) electrons. The molecule has 0 aliphatic rings. The maximum atomic E-state index is 12.4. The number of halogens is 1. The van der Waals surface area contributed by atoms with Crippen molar-refractivity contribution in [2.45, 2.75) is 33.9 Å². The largest absolute Gasteiger partial charge is 0.466 e. The summed E-state index contributed by atoms with van der Waals surface area (Å²) in [5, 5.41) is 13.5. The molecule has 1 amide bonds. The van der Waals surface area contributed by atoms with Crippen molar-refractivity contribution in [1.29, 1.82) is 0 Å². The third kappa shape index (κ3) is 4.65. The molecule has 3 heterocycles. The zero-order chi connectivity index (χ0) is 20.3. The normalized spacial score (nSPS) is 10.9. The van der Waals surface area contributed by atoms with Crippen molar-refractivity contribution in [1.82, 2.24) is 24.5 Å². The van der Waals surface area contributed by atoms with Gasteiger partial charge in [0.2, 0.25) is 0 Å². The second-order valence-electron chi connectivity index (χ2n) is 5.95. The quantitative estimate of drug-likeness (QED) is 0.536. The van der Waals surface area contributed by atoms with Crippen LogP contribution in [0.5, 0.6) is 0 Å². The minimum absolute atomic E-state index is 0.0764. The Kier molecular flexibility index (Phi) is 6.25. The smallest absolute Gasteiger partial charge is 0.311 e. The molecule has 0 unspecified atom stereocenters. The number of ether oxygens (including phenoxy) is 1. The minimum Gasteiger partial charge on any atom is -0.466 e. The Hall–Kier alpha value is -2.53. The van der Waals surface area contributed by atoms with Crippen LogP contribution in [0.4, 0.5) is 5.13 Å². The number of hydrogen-bond donors (Lipinski definition) is 1. The van der Waals surface area contributed by atoms with Crippen LogP contribution in [0.15, 0.2) is 22.1 Å². The number of carbonyl (C=O) groups excluding carboxylic acids is 2. The van der Waals surface area contributed by atoms with E-state index in [1.807, 2.05) is 13.8 Å². The summed E-state index contributed by atoms with van der Waals surface area (Å²) >= 11 is 4.74. The van der Waals surface area contributed by atoms with Crippen LogP contribution >= 0.6 is 27.3 Å². The van der Waals surface area contributed by atoms with Crippen LogP contribution in [-0.2, 0) is 22.6 Å². The van der Waals surface area contributed by atoms with Crippen LogP contribution in [0.25, 0.3) is 0 Å². The average molecular weight is 467 g/mol. The number of aromatic nitrogens is 5. The Labute approximate surface area is 173 Å². The Morgan fingerprint density at radius 3 is 2.79 bits per heavy atom. The van der Waals surface area contributed by atoms with Gasteiger partial charge in [0, 0.05) is 11.6 Å². The molecule has 28 heavy (non-hydrogen) atoms. The van der Waals surface area contributed by atoms with Crippen molar-refractivity contribution in [2.75, 3.05) is 11.9 Å². The van der Waals surface area contributed by atoms with Crippen LogP contribution in [-0.4, -0.2) is 43.0 Å². The van der Waals surface area contributed by atoms with Gasteiger partial charge in [0.15, 0.2) is 10.8 Å². The van der Waals surface area contributed by atoms with Crippen molar-refractivity contribution < 1.29 is 14.3 Å². The monoisotopic (exact) mass is 466 g/mol. The molecule has 9 nitrogen and oxygen atoms in total. The van der Waals surface area contributed by atoms with E-state index in [0.717, 1.165) is 15.9 Å². The molecule has 0 aliphatic heterocycles. The summed E-state index contributed by atoms with van der Waals surface area (Å²) in [4.78, 5) is 28.1. The minimum atomic E-state index is -0.370. The molecule has 148 valence electrons. The summed E-state index contributed by atoms with van der Waals surface area (Å²) < 4.78 is 9.28. The average Bonchev–Trinajstić information content (AvgIpc) is 3.34. The molecule has 0 aliphatic carbocycles. The second kappa shape index (κ2) is 8.65. The van der Waals surface area contributed by atoms with E-state index in [-0.39, 0.29) is 24.0 Å². The van der Waals surface area contributed by atoms with Gasteiger partial charge in [-0.1, -0.05) is 0 Å². The van der Waals surface area contributed by atoms with E-state index in [2.05, 4.69) is 36.4 Å². The van der Waals surface area contributed by atoms with E-state index < -0.39 is 0 Å². The van der Waals surface area contributed by atoms with Gasteiger partial charge in [-0.3, -0.25) is 19.6 Å². The fourth-order valence-corrected chi connectivity index (χ4v) is 3.47. The fourth-order valence-electron chi connectivity index (χ4n) is 2.48. The lowest BCUT2D eigenvalue weighted by Crippen LogP contribution is -2.15. The molecule has 0 atom stereocenters. The molecule has 1 N–H and O–H groups in total. The van der Waals surface area contributed by atoms with E-state index in [4.69, 9.17) is 4.74 Å². The molecule has 0 fully saturated rings. The Morgan fingerprint density at radius 2 is 2.11 bits per heavy atom. The molecule has 0 saturated carbocycles. The van der Waals surface area contributed by atoms with Crippen LogP contribution < -0.4 is 5.32 Å². The highest BCUT2D eigenvalue weighted by Gasteiger charge is 2.15. The van der Waals surface area contributed by atoms with Gasteiger partial charge in [0.25, 0.3) is 5.91 Å². The maximum Gasteiger partial charge on any atom is 0.311 e. The second-order valence-corrected chi connectivity index (χ2v) is 7.60. The maximum absolute atomic E-state index is 12.4. The molecular weight excluding hydrogens is 448 g/mol. The molecule has 11 heteroatoms. The fraction of sp³-hybridized carbons (Fsp3) is 0.353. The standard InChI is InChI=1S/C17H19BrN6O3S/c1-4-27-14(25)7-12-8-28-17(19-12)20-16(26)13-5-6-23(22-13)9-24-11(3)15(18)10(2)21-24/h5-6,8H,4,7,9H2,1-3H3,(H,19,20,26). The zero-order valence-corrected chi connectivity index (χ0v) is 18.0. The highest BCUT2D eigenvalue weighted by molar-refractivity contribution is 9.10. The predicted octanol–water partition coefficient (Wildman–Crippen LogP) is 2.78. The lowest BCUT2D eigenvalue weighted by molar-refractivity contribution is -0.142. The van der Waals surface area contributed by atoms with Gasteiger partial charge in [-0.05, 0) is 42.8 Å². The topological polar surface area (TPSA) is 104 Å². The van der Waals surface area contributed by atoms with Gasteiger partial charge >= 0.3 is 5.97 Å². The van der Waals surface area contributed by atoms with Crippen molar-refractivity contribution in [3.8, 4) is 0 Å². The van der Waals surface area contributed by atoms with Crippen LogP contribution in [0.3, 0.4) is 0 Å². The summed E-state index contributed by atoms with van der Waals surface area (Å²) in [5.74, 6) is -0.717. The molecule has 3 aromatic rings. The van der Waals surface area contributed by atoms with Gasteiger partial charge in [-0.15, -0.1) is 11.3 Å². The molecule has 3 rings (SSSR count). The summed E-state index contributed by atoms with van der Waals surface area (Å²) in [6.07, 6.45) is 1.79. The Balaban J connectivity index is 1.62. The number of nitrogens with one attached hydrogen (secondary N) is 1.